The number of hydrogen-bond acceptors (Lipinski definition) is 3. The largest absolute Gasteiger partial charge is 0.489 e. The van der Waals surface area contributed by atoms with Gasteiger partial charge < -0.3 is 14.4 Å². The van der Waals surface area contributed by atoms with Gasteiger partial charge in [-0.15, -0.1) is 0 Å². The standard InChI is InChI=1S/C23H31NO3/c1-23(2,3)20-11-13-21(14-12-20)27-17-18-7-9-19(10-8-18)22(25)24(4)15-6-16-26-5/h7-14H,6,15-17H2,1-5H3. The van der Waals surface area contributed by atoms with Crippen LogP contribution in [0.25, 0.3) is 0 Å². The van der Waals surface area contributed by atoms with Crippen LogP contribution in [0.15, 0.2) is 48.5 Å². The number of benzene rings is 2. The van der Waals surface area contributed by atoms with Crippen molar-refractivity contribution in [3.63, 3.8) is 0 Å². The topological polar surface area (TPSA) is 38.8 Å². The van der Waals surface area contributed by atoms with Crippen molar-refractivity contribution in [2.24, 2.45) is 0 Å². The summed E-state index contributed by atoms with van der Waals surface area (Å²) >= 11 is 0. The number of ether oxygens (including phenoxy) is 2. The molecule has 0 fully saturated rings. The van der Waals surface area contributed by atoms with E-state index < -0.39 is 0 Å². The summed E-state index contributed by atoms with van der Waals surface area (Å²) in [6.45, 7) is 8.40. The smallest absolute Gasteiger partial charge is 0.253 e. The summed E-state index contributed by atoms with van der Waals surface area (Å²) in [4.78, 5) is 14.1. The van der Waals surface area contributed by atoms with Crippen molar-refractivity contribution in [1.29, 1.82) is 0 Å². The molecular formula is C23H31NO3. The van der Waals surface area contributed by atoms with Crippen molar-refractivity contribution in [2.75, 3.05) is 27.3 Å². The molecule has 27 heavy (non-hydrogen) atoms. The molecule has 0 saturated carbocycles. The van der Waals surface area contributed by atoms with Gasteiger partial charge in [0.1, 0.15) is 12.4 Å². The Bertz CT molecular complexity index is 715. The van der Waals surface area contributed by atoms with Crippen LogP contribution in [0.3, 0.4) is 0 Å². The van der Waals surface area contributed by atoms with Crippen LogP contribution in [-0.2, 0) is 16.8 Å². The molecule has 2 rings (SSSR count). The second-order valence-corrected chi connectivity index (χ2v) is 7.83. The minimum atomic E-state index is 0.0244. The highest BCUT2D eigenvalue weighted by molar-refractivity contribution is 5.94. The second-order valence-electron chi connectivity index (χ2n) is 7.83. The van der Waals surface area contributed by atoms with Gasteiger partial charge in [0.2, 0.25) is 0 Å². The molecular weight excluding hydrogens is 338 g/mol. The summed E-state index contributed by atoms with van der Waals surface area (Å²) in [5, 5.41) is 0. The third-order valence-corrected chi connectivity index (χ3v) is 4.52. The molecule has 0 aromatic heterocycles. The van der Waals surface area contributed by atoms with Gasteiger partial charge >= 0.3 is 0 Å². The van der Waals surface area contributed by atoms with Crippen LogP contribution in [0.2, 0.25) is 0 Å². The summed E-state index contributed by atoms with van der Waals surface area (Å²) in [6.07, 6.45) is 0.832. The number of rotatable bonds is 8. The number of carbonyl (C=O) groups is 1. The highest BCUT2D eigenvalue weighted by atomic mass is 16.5. The van der Waals surface area contributed by atoms with E-state index in [0.29, 0.717) is 25.3 Å². The van der Waals surface area contributed by atoms with Crippen LogP contribution in [-0.4, -0.2) is 38.1 Å². The zero-order valence-electron chi connectivity index (χ0n) is 17.1. The zero-order chi connectivity index (χ0) is 19.9. The van der Waals surface area contributed by atoms with Crippen LogP contribution in [0.4, 0.5) is 0 Å². The Balaban J connectivity index is 1.89. The molecule has 0 spiro atoms. The minimum Gasteiger partial charge on any atom is -0.489 e. The van der Waals surface area contributed by atoms with Gasteiger partial charge in [-0.05, 0) is 47.2 Å². The number of nitrogens with zero attached hydrogens (tertiary/aromatic N) is 1. The van der Waals surface area contributed by atoms with Crippen molar-refractivity contribution in [2.45, 2.75) is 39.2 Å². The van der Waals surface area contributed by atoms with Gasteiger partial charge in [-0.25, -0.2) is 0 Å². The van der Waals surface area contributed by atoms with E-state index in [1.165, 1.54) is 5.56 Å². The molecule has 0 unspecified atom stereocenters. The van der Waals surface area contributed by atoms with E-state index in [1.54, 1.807) is 12.0 Å². The maximum absolute atomic E-state index is 12.4. The highest BCUT2D eigenvalue weighted by Gasteiger charge is 2.13. The van der Waals surface area contributed by atoms with E-state index in [0.717, 1.165) is 17.7 Å². The molecule has 146 valence electrons. The molecule has 0 saturated heterocycles. The lowest BCUT2D eigenvalue weighted by atomic mass is 9.87. The first-order valence-electron chi connectivity index (χ1n) is 9.38. The summed E-state index contributed by atoms with van der Waals surface area (Å²) in [5.41, 5.74) is 3.14. The quantitative estimate of drug-likeness (QED) is 0.635. The first-order chi connectivity index (χ1) is 12.8. The number of methoxy groups -OCH3 is 1. The van der Waals surface area contributed by atoms with Gasteiger partial charge in [-0.3, -0.25) is 4.79 Å². The molecule has 0 aliphatic carbocycles. The highest BCUT2D eigenvalue weighted by Crippen LogP contribution is 2.24. The van der Waals surface area contributed by atoms with E-state index in [2.05, 4.69) is 32.9 Å². The van der Waals surface area contributed by atoms with Crippen LogP contribution in [0.1, 0.15) is 48.7 Å². The molecule has 0 atom stereocenters. The Hall–Kier alpha value is -2.33. The molecule has 0 heterocycles. The maximum Gasteiger partial charge on any atom is 0.253 e. The van der Waals surface area contributed by atoms with Crippen molar-refractivity contribution in [1.82, 2.24) is 4.90 Å². The fourth-order valence-electron chi connectivity index (χ4n) is 2.73. The van der Waals surface area contributed by atoms with Gasteiger partial charge in [0.05, 0.1) is 0 Å². The van der Waals surface area contributed by atoms with Crippen molar-refractivity contribution < 1.29 is 14.3 Å². The lowest BCUT2D eigenvalue weighted by molar-refractivity contribution is 0.0779. The van der Waals surface area contributed by atoms with Crippen LogP contribution in [0, 0.1) is 0 Å². The summed E-state index contributed by atoms with van der Waals surface area (Å²) in [7, 11) is 3.48. The Morgan fingerprint density at radius 2 is 1.63 bits per heavy atom. The molecule has 2 aromatic carbocycles. The van der Waals surface area contributed by atoms with Crippen LogP contribution < -0.4 is 4.74 Å². The third-order valence-electron chi connectivity index (χ3n) is 4.52. The monoisotopic (exact) mass is 369 g/mol. The van der Waals surface area contributed by atoms with Gasteiger partial charge in [0.25, 0.3) is 5.91 Å². The number of carbonyl (C=O) groups excluding carboxylic acids is 1. The van der Waals surface area contributed by atoms with E-state index in [1.807, 2.05) is 43.4 Å². The first-order valence-corrected chi connectivity index (χ1v) is 9.38. The van der Waals surface area contributed by atoms with Crippen molar-refractivity contribution in [3.8, 4) is 5.75 Å². The second kappa shape index (κ2) is 9.56. The molecule has 4 heteroatoms. The van der Waals surface area contributed by atoms with E-state index >= 15 is 0 Å². The first kappa shape index (κ1) is 21.0. The van der Waals surface area contributed by atoms with Crippen molar-refractivity contribution >= 4 is 5.91 Å². The van der Waals surface area contributed by atoms with Gasteiger partial charge in [0.15, 0.2) is 0 Å². The molecule has 0 aliphatic heterocycles. The van der Waals surface area contributed by atoms with E-state index in [9.17, 15) is 4.79 Å². The Morgan fingerprint density at radius 3 is 2.19 bits per heavy atom. The minimum absolute atomic E-state index is 0.0244. The lowest BCUT2D eigenvalue weighted by Gasteiger charge is -2.19. The molecule has 0 aliphatic rings. The summed E-state index contributed by atoms with van der Waals surface area (Å²) in [5.74, 6) is 0.873. The van der Waals surface area contributed by atoms with Crippen molar-refractivity contribution in [3.05, 3.63) is 65.2 Å². The predicted octanol–water partition coefficient (Wildman–Crippen LogP) is 4.67. The molecule has 2 aromatic rings. The Kier molecular flexibility index (Phi) is 7.43. The van der Waals surface area contributed by atoms with Crippen LogP contribution >= 0.6 is 0 Å². The zero-order valence-corrected chi connectivity index (χ0v) is 17.1. The third kappa shape index (κ3) is 6.40. The average Bonchev–Trinajstić information content (AvgIpc) is 2.66. The normalized spacial score (nSPS) is 11.3. The predicted molar refractivity (Wildman–Crippen MR) is 109 cm³/mol. The molecule has 4 nitrogen and oxygen atoms in total. The molecule has 0 bridgehead atoms. The molecule has 0 N–H and O–H groups in total. The Labute approximate surface area is 163 Å². The number of hydrogen-bond donors (Lipinski definition) is 0. The molecule has 0 radical (unpaired) electrons. The van der Waals surface area contributed by atoms with Gasteiger partial charge in [0, 0.05) is 32.9 Å². The fraction of sp³-hybridized carbons (Fsp3) is 0.435. The molecule has 1 amide bonds. The SMILES string of the molecule is COCCCN(C)C(=O)c1ccc(COc2ccc(C(C)(C)C)cc2)cc1. The average molecular weight is 370 g/mol. The Morgan fingerprint density at radius 1 is 1.00 bits per heavy atom. The summed E-state index contributed by atoms with van der Waals surface area (Å²) < 4.78 is 10.9. The number of amides is 1. The van der Waals surface area contributed by atoms with Gasteiger partial charge in [-0.2, -0.15) is 0 Å². The maximum atomic E-state index is 12.4. The lowest BCUT2D eigenvalue weighted by Crippen LogP contribution is -2.28. The van der Waals surface area contributed by atoms with Crippen LogP contribution in [0.5, 0.6) is 5.75 Å². The van der Waals surface area contributed by atoms with Gasteiger partial charge in [-0.1, -0.05) is 45.0 Å². The van der Waals surface area contributed by atoms with E-state index in [-0.39, 0.29) is 11.3 Å². The van der Waals surface area contributed by atoms with E-state index in [4.69, 9.17) is 9.47 Å². The fourth-order valence-corrected chi connectivity index (χ4v) is 2.73. The summed E-state index contributed by atoms with van der Waals surface area (Å²) in [6, 6.07) is 15.8.